The van der Waals surface area contributed by atoms with Crippen LogP contribution in [-0.2, 0) is 17.6 Å². The minimum absolute atomic E-state index is 0.144. The third-order valence-electron chi connectivity index (χ3n) is 5.21. The fraction of sp³-hybridized carbons (Fsp3) is 0.364. The van der Waals surface area contributed by atoms with Crippen molar-refractivity contribution in [3.63, 3.8) is 0 Å². The van der Waals surface area contributed by atoms with E-state index in [0.717, 1.165) is 36.8 Å². The first kappa shape index (κ1) is 20.6. The quantitative estimate of drug-likeness (QED) is 0.428. The lowest BCUT2D eigenvalue weighted by atomic mass is 10.1. The smallest absolute Gasteiger partial charge is 0.238 e. The maximum atomic E-state index is 12.8. The molecule has 2 aromatic heterocycles. The molecule has 0 saturated carbocycles. The van der Waals surface area contributed by atoms with Gasteiger partial charge < -0.3 is 5.32 Å². The summed E-state index contributed by atoms with van der Waals surface area (Å²) in [6.07, 6.45) is 5.36. The van der Waals surface area contributed by atoms with Gasteiger partial charge in [-0.15, -0.1) is 16.4 Å². The molecule has 1 aliphatic rings. The number of aromatic nitrogens is 3. The number of aromatic amines is 1. The zero-order chi connectivity index (χ0) is 21.1. The predicted octanol–water partition coefficient (Wildman–Crippen LogP) is 5.10. The van der Waals surface area contributed by atoms with Crippen LogP contribution in [0.15, 0.2) is 29.4 Å². The first-order valence-corrected chi connectivity index (χ1v) is 11.8. The van der Waals surface area contributed by atoms with Gasteiger partial charge in [-0.1, -0.05) is 48.0 Å². The molecule has 1 atom stereocenters. The number of nitrogens with zero attached hydrogens (tertiary/aromatic N) is 3. The average molecular weight is 438 g/mol. The molecular weight excluding hydrogens is 414 g/mol. The molecule has 8 heteroatoms. The number of benzene rings is 1. The van der Waals surface area contributed by atoms with Crippen LogP contribution in [0.2, 0.25) is 0 Å². The molecule has 0 saturated heterocycles. The molecule has 0 fully saturated rings. The second-order valence-electron chi connectivity index (χ2n) is 7.46. The Bertz CT molecular complexity index is 1090. The minimum Gasteiger partial charge on any atom is -0.316 e. The van der Waals surface area contributed by atoms with Gasteiger partial charge in [0.05, 0.1) is 10.8 Å². The Morgan fingerprint density at radius 2 is 2.03 bits per heavy atom. The van der Waals surface area contributed by atoms with E-state index in [4.69, 9.17) is 0 Å². The van der Waals surface area contributed by atoms with E-state index in [1.165, 1.54) is 28.6 Å². The molecule has 4 rings (SSSR count). The van der Waals surface area contributed by atoms with Crippen LogP contribution in [0.3, 0.4) is 0 Å². The molecule has 1 aromatic carbocycles. The number of anilines is 1. The van der Waals surface area contributed by atoms with Gasteiger partial charge in [-0.2, -0.15) is 5.26 Å². The molecule has 0 unspecified atom stereocenters. The Labute approximate surface area is 184 Å². The first-order valence-electron chi connectivity index (χ1n) is 10.1. The van der Waals surface area contributed by atoms with Gasteiger partial charge >= 0.3 is 0 Å². The van der Waals surface area contributed by atoms with Crippen LogP contribution in [0.25, 0.3) is 11.4 Å². The summed E-state index contributed by atoms with van der Waals surface area (Å²) in [6, 6.07) is 10.3. The fourth-order valence-corrected chi connectivity index (χ4v) is 5.48. The Hall–Kier alpha value is -2.63. The van der Waals surface area contributed by atoms with Crippen molar-refractivity contribution in [1.82, 2.24) is 15.2 Å². The minimum atomic E-state index is -0.389. The molecule has 0 aliphatic heterocycles. The maximum absolute atomic E-state index is 12.8. The number of carbonyl (C=O) groups excluding carboxylic acids is 1. The average Bonchev–Trinajstić information content (AvgIpc) is 3.25. The fourth-order valence-electron chi connectivity index (χ4n) is 3.51. The highest BCUT2D eigenvalue weighted by Gasteiger charge is 2.23. The van der Waals surface area contributed by atoms with E-state index in [1.807, 2.05) is 38.1 Å². The second kappa shape index (κ2) is 9.02. The standard InChI is InChI=1S/C22H23N5OS2/c1-13-8-10-15(11-9-13)19-24-22(27-26-19)29-14(2)20(28)25-21-17(12-23)16-6-4-3-5-7-18(16)30-21/h8-11,14H,3-7H2,1-2H3,(H,25,28)(H,24,26,27)/t14-/m0/s1. The van der Waals surface area contributed by atoms with Crippen molar-refractivity contribution in [3.8, 4) is 17.5 Å². The van der Waals surface area contributed by atoms with E-state index in [0.29, 0.717) is 21.5 Å². The number of nitrogens with one attached hydrogen (secondary N) is 2. The largest absolute Gasteiger partial charge is 0.316 e. The number of carbonyl (C=O) groups is 1. The van der Waals surface area contributed by atoms with E-state index in [1.54, 1.807) is 11.3 Å². The topological polar surface area (TPSA) is 94.5 Å². The molecule has 154 valence electrons. The third kappa shape index (κ3) is 4.42. The summed E-state index contributed by atoms with van der Waals surface area (Å²) in [5.74, 6) is 0.536. The monoisotopic (exact) mass is 437 g/mol. The second-order valence-corrected chi connectivity index (χ2v) is 9.88. The molecule has 6 nitrogen and oxygen atoms in total. The molecule has 2 heterocycles. The van der Waals surface area contributed by atoms with Crippen molar-refractivity contribution >= 4 is 34.0 Å². The number of nitriles is 1. The number of hydrogen-bond donors (Lipinski definition) is 2. The number of hydrogen-bond acceptors (Lipinski definition) is 6. The van der Waals surface area contributed by atoms with Gasteiger partial charge in [0.1, 0.15) is 11.1 Å². The van der Waals surface area contributed by atoms with Crippen molar-refractivity contribution in [1.29, 1.82) is 5.26 Å². The van der Waals surface area contributed by atoms with Crippen LogP contribution in [0, 0.1) is 18.3 Å². The summed E-state index contributed by atoms with van der Waals surface area (Å²) in [5.41, 5.74) is 3.91. The van der Waals surface area contributed by atoms with Crippen molar-refractivity contribution in [3.05, 3.63) is 45.8 Å². The van der Waals surface area contributed by atoms with E-state index in [9.17, 15) is 10.1 Å². The summed E-state index contributed by atoms with van der Waals surface area (Å²) in [5, 5.41) is 20.6. The van der Waals surface area contributed by atoms with Gasteiger partial charge in [0.25, 0.3) is 0 Å². The lowest BCUT2D eigenvalue weighted by Gasteiger charge is -2.09. The van der Waals surface area contributed by atoms with Crippen LogP contribution in [0.1, 0.15) is 47.8 Å². The molecule has 0 radical (unpaired) electrons. The highest BCUT2D eigenvalue weighted by atomic mass is 32.2. The first-order chi connectivity index (χ1) is 14.5. The summed E-state index contributed by atoms with van der Waals surface area (Å²) in [6.45, 7) is 3.86. The van der Waals surface area contributed by atoms with Crippen LogP contribution in [-0.4, -0.2) is 26.3 Å². The summed E-state index contributed by atoms with van der Waals surface area (Å²) < 4.78 is 0. The lowest BCUT2D eigenvalue weighted by molar-refractivity contribution is -0.115. The van der Waals surface area contributed by atoms with Gasteiger partial charge in [0.15, 0.2) is 5.82 Å². The third-order valence-corrected chi connectivity index (χ3v) is 7.38. The number of fused-ring (bicyclic) bond motifs is 1. The normalized spacial score (nSPS) is 14.4. The zero-order valence-electron chi connectivity index (χ0n) is 17.0. The van der Waals surface area contributed by atoms with Crippen molar-refractivity contribution < 1.29 is 4.79 Å². The summed E-state index contributed by atoms with van der Waals surface area (Å²) in [4.78, 5) is 18.5. The molecule has 1 amide bonds. The van der Waals surface area contributed by atoms with Gasteiger partial charge in [0.2, 0.25) is 11.1 Å². The number of rotatable bonds is 5. The van der Waals surface area contributed by atoms with Gasteiger partial charge in [-0.3, -0.25) is 9.89 Å². The number of amides is 1. The van der Waals surface area contributed by atoms with Crippen LogP contribution in [0.5, 0.6) is 0 Å². The molecule has 0 bridgehead atoms. The van der Waals surface area contributed by atoms with Crippen LogP contribution in [0.4, 0.5) is 5.00 Å². The maximum Gasteiger partial charge on any atom is 0.238 e. The lowest BCUT2D eigenvalue weighted by Crippen LogP contribution is -2.22. The molecule has 30 heavy (non-hydrogen) atoms. The predicted molar refractivity (Wildman–Crippen MR) is 121 cm³/mol. The number of H-pyrrole nitrogens is 1. The zero-order valence-corrected chi connectivity index (χ0v) is 18.6. The molecular formula is C22H23N5OS2. The molecule has 0 spiro atoms. The van der Waals surface area contributed by atoms with Crippen molar-refractivity contribution in [2.75, 3.05) is 5.32 Å². The summed E-state index contributed by atoms with van der Waals surface area (Å²) in [7, 11) is 0. The van der Waals surface area contributed by atoms with Crippen LogP contribution < -0.4 is 5.32 Å². The Balaban J connectivity index is 1.44. The number of thiophene rings is 1. The van der Waals surface area contributed by atoms with E-state index in [-0.39, 0.29) is 11.2 Å². The Morgan fingerprint density at radius 1 is 1.27 bits per heavy atom. The van der Waals surface area contributed by atoms with Crippen molar-refractivity contribution in [2.24, 2.45) is 0 Å². The molecule has 2 N–H and O–H groups in total. The van der Waals surface area contributed by atoms with Crippen molar-refractivity contribution in [2.45, 2.75) is 56.4 Å². The number of aryl methyl sites for hydroxylation is 2. The van der Waals surface area contributed by atoms with E-state index in [2.05, 4.69) is 26.6 Å². The van der Waals surface area contributed by atoms with Gasteiger partial charge in [0, 0.05) is 10.4 Å². The summed E-state index contributed by atoms with van der Waals surface area (Å²) >= 11 is 2.85. The van der Waals surface area contributed by atoms with E-state index >= 15 is 0 Å². The molecule has 3 aromatic rings. The highest BCUT2D eigenvalue weighted by molar-refractivity contribution is 8.00. The van der Waals surface area contributed by atoms with Gasteiger partial charge in [-0.05, 0) is 45.1 Å². The van der Waals surface area contributed by atoms with Crippen LogP contribution >= 0.6 is 23.1 Å². The Kier molecular flexibility index (Phi) is 6.21. The van der Waals surface area contributed by atoms with Gasteiger partial charge in [-0.25, -0.2) is 4.98 Å². The number of thioether (sulfide) groups is 1. The SMILES string of the molecule is Cc1ccc(-c2nc(S[C@@H](C)C(=O)Nc3sc4c(c3C#N)CCCCC4)n[nH]2)cc1. The van der Waals surface area contributed by atoms with E-state index < -0.39 is 0 Å². The Morgan fingerprint density at radius 3 is 2.80 bits per heavy atom. The highest BCUT2D eigenvalue weighted by Crippen LogP contribution is 2.37. The molecule has 1 aliphatic carbocycles.